The van der Waals surface area contributed by atoms with E-state index >= 15 is 0 Å². The van der Waals surface area contributed by atoms with E-state index in [2.05, 4.69) is 26.1 Å². The van der Waals surface area contributed by atoms with Gasteiger partial charge >= 0.3 is 0 Å². The molecule has 1 N–H and O–H groups in total. The van der Waals surface area contributed by atoms with Crippen molar-refractivity contribution in [1.29, 1.82) is 0 Å². The molecule has 0 aromatic heterocycles. The average molecular weight is 289 g/mol. The maximum atomic E-state index is 13.1. The highest BCUT2D eigenvalue weighted by atomic mass is 19.1. The first-order chi connectivity index (χ1) is 9.75. The first-order valence-corrected chi connectivity index (χ1v) is 6.64. The van der Waals surface area contributed by atoms with Crippen LogP contribution in [0.5, 0.6) is 0 Å². The summed E-state index contributed by atoms with van der Waals surface area (Å²) >= 11 is 0. The Hall–Kier alpha value is -2.23. The molecule has 2 aromatic rings. The number of carbonyl (C=O) groups excluding carboxylic acids is 1. The number of amides is 1. The van der Waals surface area contributed by atoms with E-state index in [1.54, 1.807) is 12.1 Å². The van der Waals surface area contributed by atoms with Crippen LogP contribution in [0.25, 0.3) is 0 Å². The molecule has 0 heterocycles. The summed E-state index contributed by atoms with van der Waals surface area (Å²) in [6.07, 6.45) is 0. The second-order valence-electron chi connectivity index (χ2n) is 5.94. The fourth-order valence-electron chi connectivity index (χ4n) is 1.94. The Balaban J connectivity index is 2.16. The maximum Gasteiger partial charge on any atom is 0.255 e. The first kappa shape index (κ1) is 15.2. The topological polar surface area (TPSA) is 29.1 Å². The van der Waals surface area contributed by atoms with Crippen LogP contribution in [0.4, 0.5) is 14.5 Å². The third-order valence-electron chi connectivity index (χ3n) is 3.13. The van der Waals surface area contributed by atoms with Crippen LogP contribution in [-0.4, -0.2) is 5.91 Å². The van der Waals surface area contributed by atoms with Gasteiger partial charge < -0.3 is 5.32 Å². The van der Waals surface area contributed by atoms with E-state index in [9.17, 15) is 13.6 Å². The van der Waals surface area contributed by atoms with Crippen LogP contribution in [-0.2, 0) is 5.41 Å². The van der Waals surface area contributed by atoms with Gasteiger partial charge in [-0.3, -0.25) is 4.79 Å². The number of carbonyl (C=O) groups is 1. The molecule has 0 saturated heterocycles. The van der Waals surface area contributed by atoms with Gasteiger partial charge in [0.05, 0.1) is 0 Å². The van der Waals surface area contributed by atoms with E-state index < -0.39 is 17.5 Å². The predicted molar refractivity (Wildman–Crippen MR) is 79.5 cm³/mol. The van der Waals surface area contributed by atoms with Crippen LogP contribution in [0.2, 0.25) is 0 Å². The minimum atomic E-state index is -0.775. The molecule has 1 amide bonds. The normalized spacial score (nSPS) is 11.3. The van der Waals surface area contributed by atoms with Crippen molar-refractivity contribution in [2.45, 2.75) is 26.2 Å². The van der Waals surface area contributed by atoms with Gasteiger partial charge in [-0.15, -0.1) is 0 Å². The number of halogens is 2. The second kappa shape index (κ2) is 5.64. The Morgan fingerprint density at radius 3 is 1.95 bits per heavy atom. The summed E-state index contributed by atoms with van der Waals surface area (Å²) < 4.78 is 26.2. The van der Waals surface area contributed by atoms with E-state index in [4.69, 9.17) is 0 Å². The van der Waals surface area contributed by atoms with Crippen molar-refractivity contribution in [1.82, 2.24) is 0 Å². The van der Waals surface area contributed by atoms with Gasteiger partial charge in [0.25, 0.3) is 5.91 Å². The Morgan fingerprint density at radius 2 is 1.48 bits per heavy atom. The fourth-order valence-corrected chi connectivity index (χ4v) is 1.94. The van der Waals surface area contributed by atoms with Crippen molar-refractivity contribution in [3.63, 3.8) is 0 Å². The van der Waals surface area contributed by atoms with Gasteiger partial charge in [-0.25, -0.2) is 8.78 Å². The van der Waals surface area contributed by atoms with Gasteiger partial charge in [0.2, 0.25) is 0 Å². The molecule has 0 fully saturated rings. The summed E-state index contributed by atoms with van der Waals surface area (Å²) in [6, 6.07) is 10.1. The minimum Gasteiger partial charge on any atom is -0.322 e. The SMILES string of the molecule is CC(C)(C)c1ccc(NC(=O)c2cc(F)cc(F)c2)cc1. The molecule has 21 heavy (non-hydrogen) atoms. The molecule has 0 saturated carbocycles. The molecule has 0 aliphatic carbocycles. The molecule has 0 radical (unpaired) electrons. The summed E-state index contributed by atoms with van der Waals surface area (Å²) in [5, 5.41) is 2.62. The van der Waals surface area contributed by atoms with Crippen molar-refractivity contribution in [2.75, 3.05) is 5.32 Å². The number of hydrogen-bond acceptors (Lipinski definition) is 1. The van der Waals surface area contributed by atoms with Crippen LogP contribution >= 0.6 is 0 Å². The monoisotopic (exact) mass is 289 g/mol. The quantitative estimate of drug-likeness (QED) is 0.865. The molecular weight excluding hydrogens is 272 g/mol. The summed E-state index contributed by atoms with van der Waals surface area (Å²) in [7, 11) is 0. The fraction of sp³-hybridized carbons (Fsp3) is 0.235. The molecule has 0 spiro atoms. The van der Waals surface area contributed by atoms with Crippen LogP contribution in [0.3, 0.4) is 0 Å². The van der Waals surface area contributed by atoms with Gasteiger partial charge in [0.15, 0.2) is 0 Å². The molecule has 2 aromatic carbocycles. The van der Waals surface area contributed by atoms with Crippen LogP contribution in [0.1, 0.15) is 36.7 Å². The van der Waals surface area contributed by atoms with Gasteiger partial charge in [-0.2, -0.15) is 0 Å². The van der Waals surface area contributed by atoms with E-state index in [-0.39, 0.29) is 11.0 Å². The van der Waals surface area contributed by atoms with E-state index in [1.165, 1.54) is 0 Å². The van der Waals surface area contributed by atoms with Crippen molar-refractivity contribution in [3.8, 4) is 0 Å². The lowest BCUT2D eigenvalue weighted by atomic mass is 9.87. The molecule has 0 aliphatic heterocycles. The molecule has 4 heteroatoms. The molecule has 2 rings (SSSR count). The Bertz CT molecular complexity index is 637. The van der Waals surface area contributed by atoms with Crippen molar-refractivity contribution >= 4 is 11.6 Å². The second-order valence-corrected chi connectivity index (χ2v) is 5.94. The number of rotatable bonds is 2. The number of benzene rings is 2. The minimum absolute atomic E-state index is 0.0220. The Morgan fingerprint density at radius 1 is 0.952 bits per heavy atom. The lowest BCUT2D eigenvalue weighted by molar-refractivity contribution is 0.102. The number of hydrogen-bond donors (Lipinski definition) is 1. The highest BCUT2D eigenvalue weighted by Crippen LogP contribution is 2.23. The summed E-state index contributed by atoms with van der Waals surface area (Å²) in [6.45, 7) is 6.28. The third-order valence-corrected chi connectivity index (χ3v) is 3.13. The largest absolute Gasteiger partial charge is 0.322 e. The van der Waals surface area contributed by atoms with Crippen molar-refractivity contribution in [3.05, 3.63) is 65.2 Å². The standard InChI is InChI=1S/C17H17F2NO/c1-17(2,3)12-4-6-15(7-5-12)20-16(21)11-8-13(18)10-14(19)9-11/h4-10H,1-3H3,(H,20,21). The molecule has 2 nitrogen and oxygen atoms in total. The smallest absolute Gasteiger partial charge is 0.255 e. The van der Waals surface area contributed by atoms with E-state index in [0.29, 0.717) is 5.69 Å². The maximum absolute atomic E-state index is 13.1. The summed E-state index contributed by atoms with van der Waals surface area (Å²) in [4.78, 5) is 12.0. The average Bonchev–Trinajstić information content (AvgIpc) is 2.37. The first-order valence-electron chi connectivity index (χ1n) is 6.64. The van der Waals surface area contributed by atoms with Gasteiger partial charge in [0.1, 0.15) is 11.6 Å². The molecule has 110 valence electrons. The highest BCUT2D eigenvalue weighted by Gasteiger charge is 2.14. The molecular formula is C17H17F2NO. The third kappa shape index (κ3) is 3.88. The van der Waals surface area contributed by atoms with Crippen molar-refractivity contribution in [2.24, 2.45) is 0 Å². The van der Waals surface area contributed by atoms with Crippen LogP contribution < -0.4 is 5.32 Å². The zero-order valence-electron chi connectivity index (χ0n) is 12.2. The van der Waals surface area contributed by atoms with Crippen LogP contribution in [0.15, 0.2) is 42.5 Å². The molecule has 0 aliphatic rings. The number of anilines is 1. The lowest BCUT2D eigenvalue weighted by Gasteiger charge is -2.19. The Kier molecular flexibility index (Phi) is 4.07. The van der Waals surface area contributed by atoms with E-state index in [0.717, 1.165) is 23.8 Å². The Labute approximate surface area is 122 Å². The summed E-state index contributed by atoms with van der Waals surface area (Å²) in [5.41, 5.74) is 1.69. The molecule has 0 atom stereocenters. The zero-order chi connectivity index (χ0) is 15.6. The molecule has 0 bridgehead atoms. The number of nitrogens with one attached hydrogen (secondary N) is 1. The zero-order valence-corrected chi connectivity index (χ0v) is 12.2. The highest BCUT2D eigenvalue weighted by molar-refractivity contribution is 6.04. The van der Waals surface area contributed by atoms with Gasteiger partial charge in [-0.05, 0) is 35.2 Å². The van der Waals surface area contributed by atoms with Crippen molar-refractivity contribution < 1.29 is 13.6 Å². The lowest BCUT2D eigenvalue weighted by Crippen LogP contribution is -2.14. The van der Waals surface area contributed by atoms with Crippen LogP contribution in [0, 0.1) is 11.6 Å². The predicted octanol–water partition coefficient (Wildman–Crippen LogP) is 4.51. The van der Waals surface area contributed by atoms with Gasteiger partial charge in [-0.1, -0.05) is 32.9 Å². The van der Waals surface area contributed by atoms with E-state index in [1.807, 2.05) is 12.1 Å². The van der Waals surface area contributed by atoms with Gasteiger partial charge in [0, 0.05) is 17.3 Å². The molecule has 0 unspecified atom stereocenters. The summed E-state index contributed by atoms with van der Waals surface area (Å²) in [5.74, 6) is -2.09.